The molecule has 0 amide bonds. The molecule has 0 heterocycles. The lowest BCUT2D eigenvalue weighted by Crippen LogP contribution is -2.36. The molecule has 0 spiro atoms. The van der Waals surface area contributed by atoms with E-state index in [0.29, 0.717) is 11.1 Å². The van der Waals surface area contributed by atoms with Gasteiger partial charge in [0.05, 0.1) is 4.90 Å². The average molecular weight is 313 g/mol. The highest BCUT2D eigenvalue weighted by Crippen LogP contribution is 2.24. The number of nitrogens with one attached hydrogen (secondary N) is 1. The molecule has 2 rings (SSSR count). The Bertz CT molecular complexity index is 567. The van der Waals surface area contributed by atoms with Gasteiger partial charge >= 0.3 is 0 Å². The van der Waals surface area contributed by atoms with Gasteiger partial charge in [0.1, 0.15) is 5.82 Å². The van der Waals surface area contributed by atoms with Crippen LogP contribution in [0.3, 0.4) is 0 Å². The van der Waals surface area contributed by atoms with E-state index < -0.39 is 15.8 Å². The third kappa shape index (κ3) is 4.27. The largest absolute Gasteiger partial charge is 0.241 e. The van der Waals surface area contributed by atoms with Crippen molar-refractivity contribution in [2.24, 2.45) is 0 Å². The molecule has 0 radical (unpaired) electrons. The van der Waals surface area contributed by atoms with Crippen molar-refractivity contribution in [2.45, 2.75) is 69.7 Å². The van der Waals surface area contributed by atoms with E-state index in [1.54, 1.807) is 13.8 Å². The second-order valence-electron chi connectivity index (χ2n) is 6.03. The van der Waals surface area contributed by atoms with Crippen LogP contribution in [0.15, 0.2) is 17.0 Å². The number of hydrogen-bond acceptors (Lipinski definition) is 2. The van der Waals surface area contributed by atoms with Gasteiger partial charge in [-0.15, -0.1) is 0 Å². The molecule has 1 aliphatic carbocycles. The number of hydrogen-bond donors (Lipinski definition) is 1. The zero-order valence-corrected chi connectivity index (χ0v) is 13.6. The molecule has 1 fully saturated rings. The second-order valence-corrected chi connectivity index (χ2v) is 7.68. The van der Waals surface area contributed by atoms with E-state index in [2.05, 4.69) is 4.72 Å². The molecule has 21 heavy (non-hydrogen) atoms. The van der Waals surface area contributed by atoms with Gasteiger partial charge < -0.3 is 0 Å². The van der Waals surface area contributed by atoms with Crippen molar-refractivity contribution in [3.8, 4) is 0 Å². The van der Waals surface area contributed by atoms with E-state index in [1.807, 2.05) is 0 Å². The normalized spacial score (nSPS) is 18.2. The second kappa shape index (κ2) is 6.88. The maximum absolute atomic E-state index is 13.3. The van der Waals surface area contributed by atoms with Gasteiger partial charge in [-0.25, -0.2) is 17.5 Å². The fourth-order valence-corrected chi connectivity index (χ4v) is 4.93. The first-order valence-electron chi connectivity index (χ1n) is 7.69. The lowest BCUT2D eigenvalue weighted by atomic mass is 9.97. The number of aryl methyl sites for hydroxylation is 2. The lowest BCUT2D eigenvalue weighted by Gasteiger charge is -2.22. The van der Waals surface area contributed by atoms with Crippen molar-refractivity contribution in [1.29, 1.82) is 0 Å². The summed E-state index contributed by atoms with van der Waals surface area (Å²) in [4.78, 5) is 0.228. The smallest absolute Gasteiger partial charge is 0.208 e. The van der Waals surface area contributed by atoms with Crippen LogP contribution in [0.2, 0.25) is 0 Å². The van der Waals surface area contributed by atoms with Crippen molar-refractivity contribution < 1.29 is 12.8 Å². The van der Waals surface area contributed by atoms with E-state index in [0.717, 1.165) is 25.7 Å². The van der Waals surface area contributed by atoms with E-state index in [-0.39, 0.29) is 10.9 Å². The van der Waals surface area contributed by atoms with Crippen LogP contribution in [-0.4, -0.2) is 14.5 Å². The van der Waals surface area contributed by atoms with Crippen molar-refractivity contribution in [3.63, 3.8) is 0 Å². The van der Waals surface area contributed by atoms with Crippen LogP contribution in [0.5, 0.6) is 0 Å². The van der Waals surface area contributed by atoms with Gasteiger partial charge in [0.15, 0.2) is 0 Å². The quantitative estimate of drug-likeness (QED) is 0.921. The summed E-state index contributed by atoms with van der Waals surface area (Å²) in [5.41, 5.74) is 0.927. The minimum Gasteiger partial charge on any atom is -0.208 e. The fourth-order valence-electron chi connectivity index (χ4n) is 3.17. The molecule has 0 aliphatic heterocycles. The Morgan fingerprint density at radius 3 is 2.00 bits per heavy atom. The van der Waals surface area contributed by atoms with Crippen LogP contribution in [0.4, 0.5) is 4.39 Å². The molecule has 1 aromatic carbocycles. The molecular weight excluding hydrogens is 289 g/mol. The summed E-state index contributed by atoms with van der Waals surface area (Å²) >= 11 is 0. The topological polar surface area (TPSA) is 46.2 Å². The molecule has 1 aliphatic rings. The minimum absolute atomic E-state index is 0.000784. The summed E-state index contributed by atoms with van der Waals surface area (Å²) in [6, 6.07) is 2.55. The van der Waals surface area contributed by atoms with Gasteiger partial charge in [-0.3, -0.25) is 0 Å². The highest BCUT2D eigenvalue weighted by atomic mass is 32.2. The van der Waals surface area contributed by atoms with E-state index in [4.69, 9.17) is 0 Å². The fraction of sp³-hybridized carbons (Fsp3) is 0.625. The standard InChI is InChI=1S/C16H24FNO2S/c1-12-10-14(17)11-13(2)16(12)21(19,20)18-15-8-6-4-3-5-7-9-15/h10-11,15,18H,3-9H2,1-2H3. The molecule has 1 N–H and O–H groups in total. The SMILES string of the molecule is Cc1cc(F)cc(C)c1S(=O)(=O)NC1CCCCCCC1. The summed E-state index contributed by atoms with van der Waals surface area (Å²) in [5.74, 6) is -0.394. The van der Waals surface area contributed by atoms with Crippen molar-refractivity contribution in [2.75, 3.05) is 0 Å². The molecule has 3 nitrogen and oxygen atoms in total. The molecule has 0 saturated heterocycles. The number of benzene rings is 1. The van der Waals surface area contributed by atoms with Crippen molar-refractivity contribution >= 4 is 10.0 Å². The molecule has 0 aromatic heterocycles. The first kappa shape index (κ1) is 16.4. The molecule has 5 heteroatoms. The molecule has 0 unspecified atom stereocenters. The monoisotopic (exact) mass is 313 g/mol. The first-order chi connectivity index (χ1) is 9.90. The van der Waals surface area contributed by atoms with Gasteiger partial charge in [-0.1, -0.05) is 32.1 Å². The highest BCUT2D eigenvalue weighted by molar-refractivity contribution is 7.89. The van der Waals surface area contributed by atoms with Crippen molar-refractivity contribution in [1.82, 2.24) is 4.72 Å². The maximum atomic E-state index is 13.3. The lowest BCUT2D eigenvalue weighted by molar-refractivity contribution is 0.426. The first-order valence-corrected chi connectivity index (χ1v) is 9.17. The predicted octanol–water partition coefficient (Wildman–Crippen LogP) is 3.83. The van der Waals surface area contributed by atoms with Crippen molar-refractivity contribution in [3.05, 3.63) is 29.1 Å². The zero-order chi connectivity index (χ0) is 15.5. The molecule has 1 saturated carbocycles. The Kier molecular flexibility index (Phi) is 5.38. The van der Waals surface area contributed by atoms with Gasteiger partial charge in [0.2, 0.25) is 10.0 Å². The summed E-state index contributed by atoms with van der Waals surface area (Å²) in [6.07, 6.45) is 7.50. The van der Waals surface area contributed by atoms with Crippen LogP contribution < -0.4 is 4.72 Å². The Labute approximate surface area is 127 Å². The summed E-state index contributed by atoms with van der Waals surface area (Å²) in [6.45, 7) is 3.28. The van der Waals surface area contributed by atoms with Gasteiger partial charge in [0, 0.05) is 6.04 Å². The van der Waals surface area contributed by atoms with E-state index >= 15 is 0 Å². The maximum Gasteiger partial charge on any atom is 0.241 e. The number of rotatable bonds is 3. The van der Waals surface area contributed by atoms with Crippen LogP contribution in [0.25, 0.3) is 0 Å². The summed E-state index contributed by atoms with van der Waals surface area (Å²) in [5, 5.41) is 0. The number of sulfonamides is 1. The molecule has 118 valence electrons. The third-order valence-electron chi connectivity index (χ3n) is 4.12. The number of halogens is 1. The van der Waals surface area contributed by atoms with Crippen LogP contribution >= 0.6 is 0 Å². The predicted molar refractivity (Wildman–Crippen MR) is 82.3 cm³/mol. The molecule has 0 bridgehead atoms. The van der Waals surface area contributed by atoms with Crippen LogP contribution in [0.1, 0.15) is 56.1 Å². The highest BCUT2D eigenvalue weighted by Gasteiger charge is 2.24. The zero-order valence-electron chi connectivity index (χ0n) is 12.8. The van der Waals surface area contributed by atoms with Crippen LogP contribution in [0, 0.1) is 19.7 Å². The Morgan fingerprint density at radius 2 is 1.48 bits per heavy atom. The Morgan fingerprint density at radius 1 is 1.00 bits per heavy atom. The Hall–Kier alpha value is -0.940. The van der Waals surface area contributed by atoms with Gasteiger partial charge in [0.25, 0.3) is 0 Å². The Balaban J connectivity index is 2.21. The molecule has 0 atom stereocenters. The van der Waals surface area contributed by atoms with Gasteiger partial charge in [-0.05, 0) is 49.9 Å². The average Bonchev–Trinajstić information content (AvgIpc) is 2.30. The molecular formula is C16H24FNO2S. The minimum atomic E-state index is -3.58. The van der Waals surface area contributed by atoms with E-state index in [1.165, 1.54) is 31.4 Å². The summed E-state index contributed by atoms with van der Waals surface area (Å²) in [7, 11) is -3.58. The van der Waals surface area contributed by atoms with Crippen LogP contribution in [-0.2, 0) is 10.0 Å². The third-order valence-corrected chi connectivity index (χ3v) is 5.95. The van der Waals surface area contributed by atoms with E-state index in [9.17, 15) is 12.8 Å². The summed E-state index contributed by atoms with van der Waals surface area (Å²) < 4.78 is 41.4. The van der Waals surface area contributed by atoms with Gasteiger partial charge in [-0.2, -0.15) is 0 Å². The molecule has 1 aromatic rings.